The smallest absolute Gasteiger partial charge is 0.0542 e. The maximum absolute atomic E-state index is 4.16. The Kier molecular flexibility index (Phi) is 2.83. The SMILES string of the molecule is CNCc1ccc(Br)cn1. The third-order valence-electron chi connectivity index (χ3n) is 1.15. The quantitative estimate of drug-likeness (QED) is 0.785. The Hall–Kier alpha value is -0.410. The predicted octanol–water partition coefficient (Wildman–Crippen LogP) is 1.56. The van der Waals surface area contributed by atoms with E-state index in [0.29, 0.717) is 0 Å². The molecule has 54 valence electrons. The Morgan fingerprint density at radius 3 is 2.90 bits per heavy atom. The van der Waals surface area contributed by atoms with Crippen LogP contribution in [-0.2, 0) is 6.54 Å². The van der Waals surface area contributed by atoms with Crippen LogP contribution in [0.2, 0.25) is 0 Å². The number of hydrogen-bond acceptors (Lipinski definition) is 2. The van der Waals surface area contributed by atoms with Crippen LogP contribution in [0.1, 0.15) is 5.69 Å². The van der Waals surface area contributed by atoms with Crippen molar-refractivity contribution in [1.82, 2.24) is 10.3 Å². The molecule has 0 fully saturated rings. The number of halogens is 1. The first-order valence-corrected chi connectivity index (χ1v) is 3.87. The second-order valence-electron chi connectivity index (χ2n) is 2.00. The van der Waals surface area contributed by atoms with Crippen LogP contribution in [0.5, 0.6) is 0 Å². The molecule has 0 amide bonds. The highest BCUT2D eigenvalue weighted by Gasteiger charge is 1.89. The fourth-order valence-corrected chi connectivity index (χ4v) is 0.927. The van der Waals surface area contributed by atoms with E-state index in [-0.39, 0.29) is 0 Å². The van der Waals surface area contributed by atoms with Gasteiger partial charge in [-0.15, -0.1) is 0 Å². The topological polar surface area (TPSA) is 24.9 Å². The first kappa shape index (κ1) is 7.69. The summed E-state index contributed by atoms with van der Waals surface area (Å²) in [5.74, 6) is 0. The first-order valence-electron chi connectivity index (χ1n) is 3.08. The van der Waals surface area contributed by atoms with Crippen molar-refractivity contribution in [3.8, 4) is 0 Å². The van der Waals surface area contributed by atoms with Gasteiger partial charge in [0.25, 0.3) is 0 Å². The van der Waals surface area contributed by atoms with E-state index in [1.54, 1.807) is 6.20 Å². The van der Waals surface area contributed by atoms with E-state index in [2.05, 4.69) is 26.2 Å². The number of aromatic nitrogens is 1. The van der Waals surface area contributed by atoms with E-state index in [0.717, 1.165) is 16.7 Å². The van der Waals surface area contributed by atoms with Gasteiger partial charge in [-0.2, -0.15) is 0 Å². The second-order valence-corrected chi connectivity index (χ2v) is 2.91. The molecule has 1 aromatic heterocycles. The van der Waals surface area contributed by atoms with Crippen molar-refractivity contribution in [2.24, 2.45) is 0 Å². The summed E-state index contributed by atoms with van der Waals surface area (Å²) < 4.78 is 1.02. The largest absolute Gasteiger partial charge is 0.314 e. The molecule has 1 aromatic rings. The van der Waals surface area contributed by atoms with E-state index >= 15 is 0 Å². The van der Waals surface area contributed by atoms with Crippen LogP contribution in [-0.4, -0.2) is 12.0 Å². The van der Waals surface area contributed by atoms with E-state index in [1.807, 2.05) is 19.2 Å². The molecule has 0 spiro atoms. The molecule has 0 aromatic carbocycles. The molecule has 1 rings (SSSR count). The fraction of sp³-hybridized carbons (Fsp3) is 0.286. The zero-order valence-electron chi connectivity index (χ0n) is 5.76. The molecular formula is C7H9BrN2. The maximum Gasteiger partial charge on any atom is 0.0542 e. The lowest BCUT2D eigenvalue weighted by atomic mass is 10.3. The summed E-state index contributed by atoms with van der Waals surface area (Å²) in [5.41, 5.74) is 1.06. The zero-order valence-corrected chi connectivity index (χ0v) is 7.35. The van der Waals surface area contributed by atoms with Crippen molar-refractivity contribution in [3.05, 3.63) is 28.5 Å². The Morgan fingerprint density at radius 2 is 2.40 bits per heavy atom. The molecule has 1 N–H and O–H groups in total. The van der Waals surface area contributed by atoms with Gasteiger partial charge in [0.2, 0.25) is 0 Å². The average Bonchev–Trinajstić information content (AvgIpc) is 1.95. The predicted molar refractivity (Wildman–Crippen MR) is 44.7 cm³/mol. The van der Waals surface area contributed by atoms with Crippen LogP contribution >= 0.6 is 15.9 Å². The van der Waals surface area contributed by atoms with Crippen LogP contribution in [0.4, 0.5) is 0 Å². The van der Waals surface area contributed by atoms with Crippen LogP contribution in [0, 0.1) is 0 Å². The molecule has 0 atom stereocenters. The van der Waals surface area contributed by atoms with Gasteiger partial charge in [-0.1, -0.05) is 0 Å². The molecule has 0 radical (unpaired) electrons. The molecule has 0 unspecified atom stereocenters. The number of rotatable bonds is 2. The molecule has 2 nitrogen and oxygen atoms in total. The Bertz CT molecular complexity index is 195. The molecule has 1 heterocycles. The molecule has 0 saturated heterocycles. The summed E-state index contributed by atoms with van der Waals surface area (Å²) >= 11 is 3.31. The highest BCUT2D eigenvalue weighted by atomic mass is 79.9. The number of pyridine rings is 1. The number of nitrogens with one attached hydrogen (secondary N) is 1. The first-order chi connectivity index (χ1) is 4.83. The Balaban J connectivity index is 2.69. The highest BCUT2D eigenvalue weighted by Crippen LogP contribution is 2.06. The number of hydrogen-bond donors (Lipinski definition) is 1. The van der Waals surface area contributed by atoms with Gasteiger partial charge in [-0.05, 0) is 35.1 Å². The van der Waals surface area contributed by atoms with E-state index in [1.165, 1.54) is 0 Å². The average molecular weight is 201 g/mol. The third kappa shape index (κ3) is 2.08. The van der Waals surface area contributed by atoms with Gasteiger partial charge in [-0.3, -0.25) is 4.98 Å². The molecule has 0 bridgehead atoms. The monoisotopic (exact) mass is 200 g/mol. The Morgan fingerprint density at radius 1 is 1.60 bits per heavy atom. The van der Waals surface area contributed by atoms with Crippen LogP contribution in [0.25, 0.3) is 0 Å². The number of nitrogens with zero attached hydrogens (tertiary/aromatic N) is 1. The molecule has 0 saturated carbocycles. The van der Waals surface area contributed by atoms with Crippen molar-refractivity contribution < 1.29 is 0 Å². The molecular weight excluding hydrogens is 192 g/mol. The van der Waals surface area contributed by atoms with Gasteiger partial charge >= 0.3 is 0 Å². The summed E-state index contributed by atoms with van der Waals surface area (Å²) in [7, 11) is 1.91. The van der Waals surface area contributed by atoms with Crippen molar-refractivity contribution in [2.75, 3.05) is 7.05 Å². The van der Waals surface area contributed by atoms with E-state index in [9.17, 15) is 0 Å². The summed E-state index contributed by atoms with van der Waals surface area (Å²) in [4.78, 5) is 4.16. The lowest BCUT2D eigenvalue weighted by Crippen LogP contribution is -2.06. The van der Waals surface area contributed by atoms with Crippen LogP contribution in [0.3, 0.4) is 0 Å². The van der Waals surface area contributed by atoms with Crippen LogP contribution < -0.4 is 5.32 Å². The van der Waals surface area contributed by atoms with Crippen LogP contribution in [0.15, 0.2) is 22.8 Å². The van der Waals surface area contributed by atoms with Crippen molar-refractivity contribution >= 4 is 15.9 Å². The zero-order chi connectivity index (χ0) is 7.40. The summed E-state index contributed by atoms with van der Waals surface area (Å²) in [6.07, 6.45) is 1.80. The summed E-state index contributed by atoms with van der Waals surface area (Å²) in [6, 6.07) is 3.97. The molecule has 10 heavy (non-hydrogen) atoms. The van der Waals surface area contributed by atoms with Crippen molar-refractivity contribution in [3.63, 3.8) is 0 Å². The van der Waals surface area contributed by atoms with Gasteiger partial charge in [-0.25, -0.2) is 0 Å². The second kappa shape index (κ2) is 3.68. The standard InChI is InChI=1S/C7H9BrN2/c1-9-5-7-3-2-6(8)4-10-7/h2-4,9H,5H2,1H3. The summed E-state index contributed by atoms with van der Waals surface area (Å²) in [5, 5.41) is 3.03. The lowest BCUT2D eigenvalue weighted by Gasteiger charge is -1.96. The fourth-order valence-electron chi connectivity index (χ4n) is 0.692. The minimum Gasteiger partial charge on any atom is -0.314 e. The molecule has 0 aliphatic heterocycles. The van der Waals surface area contributed by atoms with Gasteiger partial charge in [0.05, 0.1) is 5.69 Å². The molecule has 0 aliphatic carbocycles. The summed E-state index contributed by atoms with van der Waals surface area (Å²) in [6.45, 7) is 0.827. The third-order valence-corrected chi connectivity index (χ3v) is 1.62. The Labute approximate surface area is 68.8 Å². The minimum atomic E-state index is 0.827. The molecule has 0 aliphatic rings. The maximum atomic E-state index is 4.16. The van der Waals surface area contributed by atoms with Crippen molar-refractivity contribution in [1.29, 1.82) is 0 Å². The van der Waals surface area contributed by atoms with Gasteiger partial charge in [0, 0.05) is 17.2 Å². The van der Waals surface area contributed by atoms with E-state index < -0.39 is 0 Å². The normalized spacial score (nSPS) is 9.80. The van der Waals surface area contributed by atoms with E-state index in [4.69, 9.17) is 0 Å². The molecule has 3 heteroatoms. The lowest BCUT2D eigenvalue weighted by molar-refractivity contribution is 0.790. The highest BCUT2D eigenvalue weighted by molar-refractivity contribution is 9.10. The minimum absolute atomic E-state index is 0.827. The van der Waals surface area contributed by atoms with Gasteiger partial charge in [0.15, 0.2) is 0 Å². The van der Waals surface area contributed by atoms with Gasteiger partial charge < -0.3 is 5.32 Å². The van der Waals surface area contributed by atoms with Crippen molar-refractivity contribution in [2.45, 2.75) is 6.54 Å². The van der Waals surface area contributed by atoms with Gasteiger partial charge in [0.1, 0.15) is 0 Å².